The minimum Gasteiger partial charge on any atom is -0.345 e. The summed E-state index contributed by atoms with van der Waals surface area (Å²) in [5.41, 5.74) is 1.61. The Balaban J connectivity index is 1.47. The van der Waals surface area contributed by atoms with Gasteiger partial charge in [0.2, 0.25) is 0 Å². The second-order valence-corrected chi connectivity index (χ2v) is 7.14. The normalized spacial score (nSPS) is 15.0. The van der Waals surface area contributed by atoms with E-state index in [4.69, 9.17) is 11.6 Å². The average molecular weight is 358 g/mol. The van der Waals surface area contributed by atoms with Crippen LogP contribution in [0.15, 0.2) is 48.5 Å². The number of benzene rings is 2. The summed E-state index contributed by atoms with van der Waals surface area (Å²) in [5.74, 6) is 0.0996. The van der Waals surface area contributed by atoms with Crippen LogP contribution in [-0.2, 0) is 0 Å². The van der Waals surface area contributed by atoms with Crippen LogP contribution in [0.3, 0.4) is 0 Å². The van der Waals surface area contributed by atoms with Gasteiger partial charge >= 0.3 is 0 Å². The first-order valence-corrected chi connectivity index (χ1v) is 9.06. The number of rotatable bonds is 2. The van der Waals surface area contributed by atoms with Crippen molar-refractivity contribution in [3.63, 3.8) is 0 Å². The van der Waals surface area contributed by atoms with E-state index in [1.165, 1.54) is 0 Å². The third-order valence-electron chi connectivity index (χ3n) is 4.22. The maximum Gasteiger partial charge on any atom is 0.253 e. The first-order valence-electron chi connectivity index (χ1n) is 7.87. The van der Waals surface area contributed by atoms with E-state index in [1.54, 1.807) is 11.3 Å². The fourth-order valence-electron chi connectivity index (χ4n) is 2.90. The summed E-state index contributed by atoms with van der Waals surface area (Å²) >= 11 is 7.87. The molecule has 0 bridgehead atoms. The van der Waals surface area contributed by atoms with Crippen molar-refractivity contribution in [2.75, 3.05) is 31.1 Å². The number of anilines is 1. The first kappa shape index (κ1) is 15.4. The summed E-state index contributed by atoms with van der Waals surface area (Å²) < 4.78 is 1.10. The Morgan fingerprint density at radius 3 is 2.46 bits per heavy atom. The molecule has 0 radical (unpaired) electrons. The van der Waals surface area contributed by atoms with E-state index in [2.05, 4.69) is 9.88 Å². The third-order valence-corrected chi connectivity index (χ3v) is 5.60. The van der Waals surface area contributed by atoms with Gasteiger partial charge in [-0.05, 0) is 24.3 Å². The van der Waals surface area contributed by atoms with E-state index in [1.807, 2.05) is 53.4 Å². The van der Waals surface area contributed by atoms with E-state index in [-0.39, 0.29) is 5.91 Å². The van der Waals surface area contributed by atoms with Crippen LogP contribution in [-0.4, -0.2) is 42.0 Å². The van der Waals surface area contributed by atoms with Gasteiger partial charge in [-0.2, -0.15) is 0 Å². The number of aromatic nitrogens is 1. The molecule has 1 fully saturated rings. The molecular weight excluding hydrogens is 342 g/mol. The number of para-hydroxylation sites is 1. The van der Waals surface area contributed by atoms with Crippen molar-refractivity contribution in [1.29, 1.82) is 0 Å². The van der Waals surface area contributed by atoms with Crippen molar-refractivity contribution < 1.29 is 4.79 Å². The van der Waals surface area contributed by atoms with Crippen LogP contribution in [0, 0.1) is 0 Å². The van der Waals surface area contributed by atoms with Gasteiger partial charge in [0.25, 0.3) is 5.91 Å². The molecule has 0 spiro atoms. The van der Waals surface area contributed by atoms with Crippen LogP contribution in [0.25, 0.3) is 10.2 Å². The van der Waals surface area contributed by atoms with Crippen LogP contribution in [0.4, 0.5) is 5.13 Å². The van der Waals surface area contributed by atoms with Gasteiger partial charge in [-0.25, -0.2) is 4.98 Å². The van der Waals surface area contributed by atoms with E-state index in [9.17, 15) is 4.79 Å². The minimum absolute atomic E-state index is 0.0996. The molecule has 0 unspecified atom stereocenters. The van der Waals surface area contributed by atoms with Gasteiger partial charge in [0, 0.05) is 31.7 Å². The lowest BCUT2D eigenvalue weighted by atomic mass is 10.2. The number of halogens is 1. The Morgan fingerprint density at radius 2 is 1.75 bits per heavy atom. The zero-order valence-electron chi connectivity index (χ0n) is 13.0. The smallest absolute Gasteiger partial charge is 0.253 e. The van der Waals surface area contributed by atoms with Crippen LogP contribution in [0.1, 0.15) is 10.4 Å². The van der Waals surface area contributed by atoms with Gasteiger partial charge in [0.15, 0.2) is 5.13 Å². The fourth-order valence-corrected chi connectivity index (χ4v) is 4.22. The Morgan fingerprint density at radius 1 is 1.00 bits per heavy atom. The topological polar surface area (TPSA) is 36.4 Å². The zero-order valence-corrected chi connectivity index (χ0v) is 14.6. The molecule has 0 saturated carbocycles. The number of piperazine rings is 1. The number of nitrogens with zero attached hydrogens (tertiary/aromatic N) is 3. The highest BCUT2D eigenvalue weighted by Crippen LogP contribution is 2.33. The van der Waals surface area contributed by atoms with Crippen LogP contribution in [0.5, 0.6) is 0 Å². The number of carbonyl (C=O) groups excluding carboxylic acids is 1. The Hall–Kier alpha value is -2.11. The molecule has 122 valence electrons. The molecule has 2 heterocycles. The van der Waals surface area contributed by atoms with Gasteiger partial charge in [0.05, 0.1) is 9.72 Å². The summed E-state index contributed by atoms with van der Waals surface area (Å²) in [7, 11) is 0. The van der Waals surface area contributed by atoms with Crippen molar-refractivity contribution in [2.24, 2.45) is 0 Å². The molecule has 4 rings (SSSR count). The monoisotopic (exact) mass is 357 g/mol. The molecule has 1 aliphatic rings. The quantitative estimate of drug-likeness (QED) is 0.697. The Bertz CT molecular complexity index is 872. The second kappa shape index (κ2) is 6.42. The summed E-state index contributed by atoms with van der Waals surface area (Å²) in [4.78, 5) is 21.3. The first-order chi connectivity index (χ1) is 11.7. The summed E-state index contributed by atoms with van der Waals surface area (Å²) in [6.45, 7) is 2.99. The number of carbonyl (C=O) groups is 1. The molecule has 1 aromatic heterocycles. The summed E-state index contributed by atoms with van der Waals surface area (Å²) in [6, 6.07) is 15.3. The van der Waals surface area contributed by atoms with Gasteiger partial charge in [0.1, 0.15) is 5.52 Å². The molecule has 1 aliphatic heterocycles. The molecule has 0 aliphatic carbocycles. The minimum atomic E-state index is 0.0996. The Kier molecular flexibility index (Phi) is 4.12. The van der Waals surface area contributed by atoms with E-state index < -0.39 is 0 Å². The number of fused-ring (bicyclic) bond motifs is 1. The number of thiazole rings is 1. The lowest BCUT2D eigenvalue weighted by molar-refractivity contribution is 0.0747. The van der Waals surface area contributed by atoms with Crippen molar-refractivity contribution >= 4 is 44.2 Å². The highest BCUT2D eigenvalue weighted by molar-refractivity contribution is 7.22. The van der Waals surface area contributed by atoms with Crippen molar-refractivity contribution in [3.05, 3.63) is 59.1 Å². The predicted molar refractivity (Wildman–Crippen MR) is 99.2 cm³/mol. The van der Waals surface area contributed by atoms with Crippen molar-refractivity contribution in [2.45, 2.75) is 0 Å². The van der Waals surface area contributed by atoms with Gasteiger partial charge in [-0.1, -0.05) is 47.2 Å². The molecule has 2 aromatic carbocycles. The van der Waals surface area contributed by atoms with E-state index in [0.717, 1.165) is 34.0 Å². The van der Waals surface area contributed by atoms with Crippen molar-refractivity contribution in [1.82, 2.24) is 9.88 Å². The maximum absolute atomic E-state index is 12.5. The molecule has 1 saturated heterocycles. The molecule has 1 amide bonds. The molecule has 4 nitrogen and oxygen atoms in total. The van der Waals surface area contributed by atoms with Crippen LogP contribution in [0.2, 0.25) is 5.02 Å². The molecular formula is C18H16ClN3OS. The fraction of sp³-hybridized carbons (Fsp3) is 0.222. The van der Waals surface area contributed by atoms with Gasteiger partial charge in [-0.15, -0.1) is 0 Å². The lowest BCUT2D eigenvalue weighted by Crippen LogP contribution is -2.48. The summed E-state index contributed by atoms with van der Waals surface area (Å²) in [6.07, 6.45) is 0. The molecule has 0 atom stereocenters. The third kappa shape index (κ3) is 2.85. The number of hydrogen-bond donors (Lipinski definition) is 0. The zero-order chi connectivity index (χ0) is 16.5. The average Bonchev–Trinajstić information content (AvgIpc) is 3.08. The van der Waals surface area contributed by atoms with E-state index in [0.29, 0.717) is 18.1 Å². The lowest BCUT2D eigenvalue weighted by Gasteiger charge is -2.34. The largest absolute Gasteiger partial charge is 0.345 e. The van der Waals surface area contributed by atoms with Crippen LogP contribution < -0.4 is 4.90 Å². The number of hydrogen-bond acceptors (Lipinski definition) is 4. The molecule has 6 heteroatoms. The van der Waals surface area contributed by atoms with Crippen molar-refractivity contribution in [3.8, 4) is 0 Å². The predicted octanol–water partition coefficient (Wildman–Crippen LogP) is 3.91. The SMILES string of the molecule is O=C(c1ccccc1)N1CCN(c2nc3c(Cl)cccc3s2)CC1. The van der Waals surface area contributed by atoms with Gasteiger partial charge in [-0.3, -0.25) is 4.79 Å². The number of amides is 1. The molecule has 3 aromatic rings. The molecule has 0 N–H and O–H groups in total. The van der Waals surface area contributed by atoms with E-state index >= 15 is 0 Å². The van der Waals surface area contributed by atoms with Crippen LogP contribution >= 0.6 is 22.9 Å². The second-order valence-electron chi connectivity index (χ2n) is 5.73. The van der Waals surface area contributed by atoms with Gasteiger partial charge < -0.3 is 9.80 Å². The highest BCUT2D eigenvalue weighted by Gasteiger charge is 2.24. The Labute approximate surface area is 149 Å². The maximum atomic E-state index is 12.5. The highest BCUT2D eigenvalue weighted by atomic mass is 35.5. The molecule has 24 heavy (non-hydrogen) atoms. The standard InChI is InChI=1S/C18H16ClN3OS/c19-14-7-4-8-15-16(14)20-18(24-15)22-11-9-21(10-12-22)17(23)13-5-2-1-3-6-13/h1-8H,9-12H2. The summed E-state index contributed by atoms with van der Waals surface area (Å²) in [5, 5.41) is 1.66.